The highest BCUT2D eigenvalue weighted by Gasteiger charge is 2.23. The molecule has 0 heterocycles. The normalized spacial score (nSPS) is 10.9. The molecule has 1 N–H and O–H groups in total. The molecule has 2 heteroatoms. The predicted molar refractivity (Wildman–Crippen MR) is 68.4 cm³/mol. The first-order valence-electron chi connectivity index (χ1n) is 5.98. The summed E-state index contributed by atoms with van der Waals surface area (Å²) in [6, 6.07) is 9.93. The second-order valence-electron chi connectivity index (χ2n) is 4.12. The van der Waals surface area contributed by atoms with Gasteiger partial charge in [0.2, 0.25) is 0 Å². The van der Waals surface area contributed by atoms with Crippen molar-refractivity contribution < 1.29 is 0 Å². The van der Waals surface area contributed by atoms with E-state index >= 15 is 0 Å². The third-order valence-corrected chi connectivity index (χ3v) is 3.48. The van der Waals surface area contributed by atoms with Crippen molar-refractivity contribution in [1.29, 1.82) is 5.26 Å². The van der Waals surface area contributed by atoms with Gasteiger partial charge in [-0.25, -0.2) is 0 Å². The van der Waals surface area contributed by atoms with Crippen LogP contribution in [0.1, 0.15) is 45.6 Å². The molecule has 0 amide bonds. The van der Waals surface area contributed by atoms with Crippen LogP contribution in [0, 0.1) is 11.3 Å². The van der Waals surface area contributed by atoms with Crippen molar-refractivity contribution in [3.8, 4) is 6.07 Å². The number of hydrogen-bond acceptors (Lipinski definition) is 2. The monoisotopic (exact) mass is 216 g/mol. The van der Waals surface area contributed by atoms with Gasteiger partial charge in [0, 0.05) is 5.54 Å². The topological polar surface area (TPSA) is 35.8 Å². The molecule has 0 fully saturated rings. The van der Waals surface area contributed by atoms with Gasteiger partial charge < -0.3 is 5.32 Å². The highest BCUT2D eigenvalue weighted by Crippen LogP contribution is 2.27. The first-order valence-corrected chi connectivity index (χ1v) is 5.98. The predicted octanol–water partition coefficient (Wildman–Crippen LogP) is 3.94. The number of para-hydroxylation sites is 1. The van der Waals surface area contributed by atoms with Crippen LogP contribution in [0.2, 0.25) is 0 Å². The average Bonchev–Trinajstić information content (AvgIpc) is 2.36. The molecule has 86 valence electrons. The summed E-state index contributed by atoms with van der Waals surface area (Å²) in [5.41, 5.74) is 1.80. The van der Waals surface area contributed by atoms with E-state index in [-0.39, 0.29) is 5.54 Å². The van der Waals surface area contributed by atoms with Gasteiger partial charge in [0.15, 0.2) is 0 Å². The van der Waals surface area contributed by atoms with Gasteiger partial charge in [-0.15, -0.1) is 0 Å². The molecule has 0 atom stereocenters. The highest BCUT2D eigenvalue weighted by molar-refractivity contribution is 5.58. The Balaban J connectivity index is 2.99. The molecule has 1 rings (SSSR count). The molecule has 0 saturated carbocycles. The summed E-state index contributed by atoms with van der Waals surface area (Å²) in [5.74, 6) is 0. The minimum atomic E-state index is 0.118. The average molecular weight is 216 g/mol. The van der Waals surface area contributed by atoms with Gasteiger partial charge in [0.1, 0.15) is 6.07 Å². The van der Waals surface area contributed by atoms with E-state index in [1.165, 1.54) is 0 Å². The molecule has 1 aromatic rings. The van der Waals surface area contributed by atoms with E-state index in [0.29, 0.717) is 0 Å². The zero-order valence-electron chi connectivity index (χ0n) is 10.4. The van der Waals surface area contributed by atoms with Gasteiger partial charge in [0.05, 0.1) is 11.3 Å². The molecule has 0 unspecified atom stereocenters. The van der Waals surface area contributed by atoms with Gasteiger partial charge >= 0.3 is 0 Å². The standard InChI is InChI=1S/C14H20N2/c1-4-14(5-2,6-3)16-13-10-8-7-9-12(13)11-15/h7-10,16H,4-6H2,1-3H3. The molecule has 0 bridgehead atoms. The van der Waals surface area contributed by atoms with Crippen molar-refractivity contribution in [3.63, 3.8) is 0 Å². The molecule has 0 aliphatic rings. The molecule has 2 nitrogen and oxygen atoms in total. The quantitative estimate of drug-likeness (QED) is 0.809. The van der Waals surface area contributed by atoms with Gasteiger partial charge in [-0.2, -0.15) is 5.26 Å². The number of nitriles is 1. The Bertz CT molecular complexity index is 364. The van der Waals surface area contributed by atoms with Crippen molar-refractivity contribution >= 4 is 5.69 Å². The number of anilines is 1. The maximum atomic E-state index is 9.04. The largest absolute Gasteiger partial charge is 0.379 e. The third-order valence-electron chi connectivity index (χ3n) is 3.48. The zero-order chi connectivity index (χ0) is 12.0. The number of benzene rings is 1. The summed E-state index contributed by atoms with van der Waals surface area (Å²) in [7, 11) is 0. The van der Waals surface area contributed by atoms with Crippen LogP contribution in [0.25, 0.3) is 0 Å². The second kappa shape index (κ2) is 5.55. The molecule has 1 aromatic carbocycles. The van der Waals surface area contributed by atoms with Crippen LogP contribution in [-0.2, 0) is 0 Å². The molecule has 0 saturated heterocycles. The van der Waals surface area contributed by atoms with Crippen LogP contribution in [0.5, 0.6) is 0 Å². The minimum absolute atomic E-state index is 0.118. The number of hydrogen-bond donors (Lipinski definition) is 1. The molecule has 0 radical (unpaired) electrons. The van der Waals surface area contributed by atoms with Crippen molar-refractivity contribution in [2.75, 3.05) is 5.32 Å². The summed E-state index contributed by atoms with van der Waals surface area (Å²) >= 11 is 0. The van der Waals surface area contributed by atoms with Crippen LogP contribution in [-0.4, -0.2) is 5.54 Å². The van der Waals surface area contributed by atoms with E-state index in [1.807, 2.05) is 24.3 Å². The molecule has 0 aliphatic carbocycles. The Labute approximate surface area is 98.3 Å². The van der Waals surface area contributed by atoms with Crippen LogP contribution < -0.4 is 5.32 Å². The molecule has 0 aromatic heterocycles. The van der Waals surface area contributed by atoms with Crippen LogP contribution in [0.4, 0.5) is 5.69 Å². The fourth-order valence-electron chi connectivity index (χ4n) is 1.99. The van der Waals surface area contributed by atoms with Gasteiger partial charge in [0.25, 0.3) is 0 Å². The summed E-state index contributed by atoms with van der Waals surface area (Å²) in [6.07, 6.45) is 3.21. The number of rotatable bonds is 5. The van der Waals surface area contributed by atoms with Gasteiger partial charge in [-0.1, -0.05) is 32.9 Å². The van der Waals surface area contributed by atoms with E-state index in [0.717, 1.165) is 30.5 Å². The molecular formula is C14H20N2. The Morgan fingerprint density at radius 2 is 1.69 bits per heavy atom. The second-order valence-corrected chi connectivity index (χ2v) is 4.12. The van der Waals surface area contributed by atoms with E-state index < -0.39 is 0 Å². The van der Waals surface area contributed by atoms with Crippen LogP contribution >= 0.6 is 0 Å². The first-order chi connectivity index (χ1) is 7.71. The van der Waals surface area contributed by atoms with E-state index in [4.69, 9.17) is 5.26 Å². The molecule has 0 spiro atoms. The maximum Gasteiger partial charge on any atom is 0.101 e. The van der Waals surface area contributed by atoms with Crippen molar-refractivity contribution in [2.45, 2.75) is 45.6 Å². The number of nitrogens with zero attached hydrogens (tertiary/aromatic N) is 1. The Hall–Kier alpha value is -1.49. The van der Waals surface area contributed by atoms with Crippen molar-refractivity contribution in [1.82, 2.24) is 0 Å². The Morgan fingerprint density at radius 1 is 1.12 bits per heavy atom. The molecular weight excluding hydrogens is 196 g/mol. The molecule has 0 aliphatic heterocycles. The van der Waals surface area contributed by atoms with E-state index in [2.05, 4.69) is 32.2 Å². The lowest BCUT2D eigenvalue weighted by Gasteiger charge is -2.33. The summed E-state index contributed by atoms with van der Waals surface area (Å²) < 4.78 is 0. The lowest BCUT2D eigenvalue weighted by atomic mass is 9.89. The summed E-state index contributed by atoms with van der Waals surface area (Å²) in [6.45, 7) is 6.57. The fourth-order valence-corrected chi connectivity index (χ4v) is 1.99. The first kappa shape index (κ1) is 12.6. The van der Waals surface area contributed by atoms with E-state index in [9.17, 15) is 0 Å². The van der Waals surface area contributed by atoms with Crippen LogP contribution in [0.15, 0.2) is 24.3 Å². The van der Waals surface area contributed by atoms with E-state index in [1.54, 1.807) is 0 Å². The van der Waals surface area contributed by atoms with Crippen LogP contribution in [0.3, 0.4) is 0 Å². The van der Waals surface area contributed by atoms with Gasteiger partial charge in [-0.3, -0.25) is 0 Å². The lowest BCUT2D eigenvalue weighted by Crippen LogP contribution is -2.36. The lowest BCUT2D eigenvalue weighted by molar-refractivity contribution is 0.420. The summed E-state index contributed by atoms with van der Waals surface area (Å²) in [5, 5.41) is 12.6. The van der Waals surface area contributed by atoms with Crippen molar-refractivity contribution in [2.24, 2.45) is 0 Å². The number of nitrogens with one attached hydrogen (secondary N) is 1. The van der Waals surface area contributed by atoms with Gasteiger partial charge in [-0.05, 0) is 31.4 Å². The Morgan fingerprint density at radius 3 is 2.19 bits per heavy atom. The smallest absolute Gasteiger partial charge is 0.101 e. The highest BCUT2D eigenvalue weighted by atomic mass is 15.0. The summed E-state index contributed by atoms with van der Waals surface area (Å²) in [4.78, 5) is 0. The van der Waals surface area contributed by atoms with Crippen molar-refractivity contribution in [3.05, 3.63) is 29.8 Å². The fraction of sp³-hybridized carbons (Fsp3) is 0.500. The third kappa shape index (κ3) is 2.55. The zero-order valence-corrected chi connectivity index (χ0v) is 10.4. The minimum Gasteiger partial charge on any atom is -0.379 e. The Kier molecular flexibility index (Phi) is 4.37. The SMILES string of the molecule is CCC(CC)(CC)Nc1ccccc1C#N. The molecule has 16 heavy (non-hydrogen) atoms. The maximum absolute atomic E-state index is 9.04.